The van der Waals surface area contributed by atoms with Crippen LogP contribution in [-0.2, 0) is 18.9 Å². The van der Waals surface area contributed by atoms with Crippen LogP contribution in [0.15, 0.2) is 0 Å². The van der Waals surface area contributed by atoms with Crippen molar-refractivity contribution in [2.24, 2.45) is 0 Å². The molecule has 2 fully saturated rings. The van der Waals surface area contributed by atoms with E-state index in [9.17, 15) is 0 Å². The van der Waals surface area contributed by atoms with Crippen molar-refractivity contribution in [2.45, 2.75) is 12.5 Å². The maximum atomic E-state index is 5.41. The summed E-state index contributed by atoms with van der Waals surface area (Å²) in [5, 5.41) is 0. The van der Waals surface area contributed by atoms with Crippen LogP contribution in [0.3, 0.4) is 0 Å². The van der Waals surface area contributed by atoms with Crippen molar-refractivity contribution in [1.29, 1.82) is 0 Å². The Balaban J connectivity index is 1.80. The Bertz CT molecular complexity index is 111. The SMILES string of the molecule is C1CO[C](C2COCCO2)OC1. The molecule has 2 rings (SSSR count). The summed E-state index contributed by atoms with van der Waals surface area (Å²) in [5.74, 6) is 0. The molecule has 2 saturated heterocycles. The minimum atomic E-state index is -0.112. The molecule has 1 atom stereocenters. The van der Waals surface area contributed by atoms with Crippen molar-refractivity contribution >= 4 is 0 Å². The van der Waals surface area contributed by atoms with Gasteiger partial charge in [-0.15, -0.1) is 0 Å². The maximum absolute atomic E-state index is 5.41. The molecule has 0 N–H and O–H groups in total. The first-order chi connectivity index (χ1) is 5.97. The standard InChI is InChI=1S/C8H13O4/c1-2-11-8(12-3-1)7-6-9-4-5-10-7/h7H,1-6H2. The molecular formula is C8H13O4. The molecule has 2 aliphatic heterocycles. The van der Waals surface area contributed by atoms with Gasteiger partial charge < -0.3 is 18.9 Å². The van der Waals surface area contributed by atoms with Crippen LogP contribution in [0.2, 0.25) is 0 Å². The molecule has 0 spiro atoms. The van der Waals surface area contributed by atoms with E-state index in [1.54, 1.807) is 0 Å². The highest BCUT2D eigenvalue weighted by atomic mass is 16.7. The largest absolute Gasteiger partial charge is 0.376 e. The van der Waals surface area contributed by atoms with Crippen molar-refractivity contribution in [3.63, 3.8) is 0 Å². The third kappa shape index (κ3) is 1.95. The van der Waals surface area contributed by atoms with Gasteiger partial charge in [-0.25, -0.2) is 0 Å². The lowest BCUT2D eigenvalue weighted by atomic mass is 10.3. The minimum Gasteiger partial charge on any atom is -0.376 e. The van der Waals surface area contributed by atoms with E-state index in [1.165, 1.54) is 0 Å². The molecule has 12 heavy (non-hydrogen) atoms. The fraction of sp³-hybridized carbons (Fsp3) is 0.875. The normalized spacial score (nSPS) is 33.5. The van der Waals surface area contributed by atoms with Gasteiger partial charge in [0.2, 0.25) is 0 Å². The second-order valence-corrected chi connectivity index (χ2v) is 2.80. The molecule has 0 aromatic rings. The maximum Gasteiger partial charge on any atom is 0.256 e. The van der Waals surface area contributed by atoms with E-state index in [2.05, 4.69) is 0 Å². The van der Waals surface area contributed by atoms with Crippen molar-refractivity contribution < 1.29 is 18.9 Å². The van der Waals surface area contributed by atoms with Crippen molar-refractivity contribution in [1.82, 2.24) is 0 Å². The van der Waals surface area contributed by atoms with Crippen LogP contribution >= 0.6 is 0 Å². The molecule has 0 saturated carbocycles. The predicted octanol–water partition coefficient (Wildman–Crippen LogP) is 0.328. The van der Waals surface area contributed by atoms with E-state index in [4.69, 9.17) is 18.9 Å². The lowest BCUT2D eigenvalue weighted by Gasteiger charge is -2.30. The topological polar surface area (TPSA) is 36.9 Å². The van der Waals surface area contributed by atoms with Gasteiger partial charge in [0.25, 0.3) is 6.29 Å². The second kappa shape index (κ2) is 4.18. The molecular weight excluding hydrogens is 160 g/mol. The van der Waals surface area contributed by atoms with E-state index in [-0.39, 0.29) is 6.10 Å². The monoisotopic (exact) mass is 173 g/mol. The fourth-order valence-corrected chi connectivity index (χ4v) is 1.26. The summed E-state index contributed by atoms with van der Waals surface area (Å²) >= 11 is 0. The molecule has 1 unspecified atom stereocenters. The van der Waals surface area contributed by atoms with Gasteiger partial charge in [-0.1, -0.05) is 0 Å². The van der Waals surface area contributed by atoms with Gasteiger partial charge in [-0.3, -0.25) is 0 Å². The molecule has 2 heterocycles. The second-order valence-electron chi connectivity index (χ2n) is 2.80. The quantitative estimate of drug-likeness (QED) is 0.572. The Morgan fingerprint density at radius 2 is 1.83 bits per heavy atom. The molecule has 0 aromatic carbocycles. The highest BCUT2D eigenvalue weighted by Crippen LogP contribution is 2.20. The van der Waals surface area contributed by atoms with E-state index < -0.39 is 0 Å². The average Bonchev–Trinajstić information content (AvgIpc) is 2.21. The zero-order valence-electron chi connectivity index (χ0n) is 6.95. The summed E-state index contributed by atoms with van der Waals surface area (Å²) in [6, 6.07) is 0. The Hall–Kier alpha value is -0.160. The van der Waals surface area contributed by atoms with Crippen LogP contribution in [0, 0.1) is 6.29 Å². The van der Waals surface area contributed by atoms with Crippen LogP contribution in [0.5, 0.6) is 0 Å². The summed E-state index contributed by atoms with van der Waals surface area (Å²) in [5.41, 5.74) is 0. The van der Waals surface area contributed by atoms with E-state index in [0.29, 0.717) is 26.1 Å². The Kier molecular flexibility index (Phi) is 2.94. The first kappa shape index (κ1) is 8.44. The van der Waals surface area contributed by atoms with E-state index >= 15 is 0 Å². The summed E-state index contributed by atoms with van der Waals surface area (Å²) in [6.07, 6.45) is 1.44. The zero-order chi connectivity index (χ0) is 8.23. The number of hydrogen-bond donors (Lipinski definition) is 0. The third-order valence-corrected chi connectivity index (χ3v) is 1.86. The van der Waals surface area contributed by atoms with Crippen LogP contribution in [0.4, 0.5) is 0 Å². The Labute approximate surface area is 71.7 Å². The van der Waals surface area contributed by atoms with E-state index in [0.717, 1.165) is 19.6 Å². The summed E-state index contributed by atoms with van der Waals surface area (Å²) in [4.78, 5) is 0. The lowest BCUT2D eigenvalue weighted by Crippen LogP contribution is -2.38. The molecule has 0 bridgehead atoms. The van der Waals surface area contributed by atoms with Gasteiger partial charge in [0.15, 0.2) is 0 Å². The first-order valence-corrected chi connectivity index (χ1v) is 4.28. The van der Waals surface area contributed by atoms with Gasteiger partial charge in [0, 0.05) is 0 Å². The average molecular weight is 173 g/mol. The number of rotatable bonds is 1. The number of hydrogen-bond acceptors (Lipinski definition) is 4. The lowest BCUT2D eigenvalue weighted by molar-refractivity contribution is -0.188. The summed E-state index contributed by atoms with van der Waals surface area (Å²) in [7, 11) is 0. The molecule has 0 amide bonds. The molecule has 4 heteroatoms. The van der Waals surface area contributed by atoms with Crippen LogP contribution in [0.25, 0.3) is 0 Å². The van der Waals surface area contributed by atoms with Crippen LogP contribution in [-0.4, -0.2) is 39.1 Å². The number of ether oxygens (including phenoxy) is 4. The smallest absolute Gasteiger partial charge is 0.256 e. The van der Waals surface area contributed by atoms with E-state index in [1.807, 2.05) is 0 Å². The fourth-order valence-electron chi connectivity index (χ4n) is 1.26. The van der Waals surface area contributed by atoms with Crippen LogP contribution in [0.1, 0.15) is 6.42 Å². The highest BCUT2D eigenvalue weighted by molar-refractivity contribution is 4.82. The summed E-state index contributed by atoms with van der Waals surface area (Å²) in [6.45, 7) is 3.31. The molecule has 1 radical (unpaired) electrons. The van der Waals surface area contributed by atoms with Crippen molar-refractivity contribution in [3.05, 3.63) is 6.29 Å². The van der Waals surface area contributed by atoms with Gasteiger partial charge in [-0.05, 0) is 6.42 Å². The molecule has 69 valence electrons. The zero-order valence-corrected chi connectivity index (χ0v) is 6.95. The highest BCUT2D eigenvalue weighted by Gasteiger charge is 2.30. The van der Waals surface area contributed by atoms with Gasteiger partial charge in [0.1, 0.15) is 6.10 Å². The van der Waals surface area contributed by atoms with Crippen molar-refractivity contribution in [2.75, 3.05) is 33.0 Å². The minimum absolute atomic E-state index is 0.112. The first-order valence-electron chi connectivity index (χ1n) is 4.28. The molecule has 2 aliphatic rings. The van der Waals surface area contributed by atoms with Gasteiger partial charge in [0.05, 0.1) is 33.0 Å². The van der Waals surface area contributed by atoms with Gasteiger partial charge in [-0.2, -0.15) is 0 Å². The molecule has 0 aliphatic carbocycles. The van der Waals surface area contributed by atoms with Crippen LogP contribution < -0.4 is 0 Å². The molecule has 4 nitrogen and oxygen atoms in total. The molecule has 0 aromatic heterocycles. The van der Waals surface area contributed by atoms with Crippen molar-refractivity contribution in [3.8, 4) is 0 Å². The summed E-state index contributed by atoms with van der Waals surface area (Å²) < 4.78 is 21.2. The third-order valence-electron chi connectivity index (χ3n) is 1.86. The Morgan fingerprint density at radius 1 is 1.00 bits per heavy atom. The predicted molar refractivity (Wildman–Crippen MR) is 40.3 cm³/mol. The van der Waals surface area contributed by atoms with Gasteiger partial charge >= 0.3 is 0 Å². The Morgan fingerprint density at radius 3 is 2.50 bits per heavy atom.